The van der Waals surface area contributed by atoms with Crippen LogP contribution in [0.4, 0.5) is 0 Å². The lowest BCUT2D eigenvalue weighted by Crippen LogP contribution is -2.46. The molecule has 0 aliphatic carbocycles. The minimum Gasteiger partial charge on any atom is -0.756 e. The molecule has 0 aliphatic rings. The maximum atomic E-state index is 13.1. The fourth-order valence-corrected chi connectivity index (χ4v) is 11.6. The normalized spacial score (nSPS) is 13.8. The van der Waals surface area contributed by atoms with E-state index in [0.29, 0.717) is 23.9 Å². The fraction of sp³-hybridized carbons (Fsp3) is 0.901. The van der Waals surface area contributed by atoms with Crippen LogP contribution in [0.15, 0.2) is 36.5 Å². The third-order valence-corrected chi connectivity index (χ3v) is 17.3. The molecule has 9 heteroatoms. The van der Waals surface area contributed by atoms with Crippen molar-refractivity contribution < 1.29 is 32.9 Å². The Kier molecular flexibility index (Phi) is 61.3. The quantitative estimate of drug-likeness (QED) is 0.0272. The lowest BCUT2D eigenvalue weighted by Gasteiger charge is -2.30. The van der Waals surface area contributed by atoms with E-state index in [1.165, 1.54) is 283 Å². The molecular weight excluding hydrogens is 1010 g/mol. The Balaban J connectivity index is 3.94. The summed E-state index contributed by atoms with van der Waals surface area (Å²) in [6, 6.07) is -0.800. The molecule has 0 heterocycles. The molecule has 2 N–H and O–H groups in total. The highest BCUT2D eigenvalue weighted by atomic mass is 31.2. The molecule has 8 nitrogen and oxygen atoms in total. The molecule has 0 aromatic rings. The second kappa shape index (κ2) is 62.3. The van der Waals surface area contributed by atoms with Crippen LogP contribution in [0.1, 0.15) is 361 Å². The van der Waals surface area contributed by atoms with Crippen molar-refractivity contribution in [2.45, 2.75) is 373 Å². The van der Waals surface area contributed by atoms with Crippen LogP contribution >= 0.6 is 7.82 Å². The Hall–Kier alpha value is -1.28. The van der Waals surface area contributed by atoms with Gasteiger partial charge >= 0.3 is 0 Å². The van der Waals surface area contributed by atoms with E-state index in [4.69, 9.17) is 9.05 Å². The molecule has 0 bridgehead atoms. The van der Waals surface area contributed by atoms with Gasteiger partial charge in [-0.2, -0.15) is 0 Å². The zero-order valence-corrected chi connectivity index (χ0v) is 55.2. The average molecular weight is 1150 g/mol. The van der Waals surface area contributed by atoms with Crippen LogP contribution in [0.2, 0.25) is 0 Å². The predicted octanol–water partition coefficient (Wildman–Crippen LogP) is 21.8. The summed E-state index contributed by atoms with van der Waals surface area (Å²) in [5.41, 5.74) is 0. The summed E-state index contributed by atoms with van der Waals surface area (Å²) in [7, 11) is 1.32. The molecule has 0 aromatic heterocycles. The number of quaternary nitrogens is 1. The van der Waals surface area contributed by atoms with Gasteiger partial charge in [-0.05, 0) is 51.4 Å². The van der Waals surface area contributed by atoms with Crippen molar-refractivity contribution in [2.24, 2.45) is 0 Å². The Morgan fingerprint density at radius 2 is 0.725 bits per heavy atom. The summed E-state index contributed by atoms with van der Waals surface area (Å²) in [5, 5.41) is 14.1. The second-order valence-corrected chi connectivity index (χ2v) is 27.0. The van der Waals surface area contributed by atoms with E-state index in [1.807, 2.05) is 21.1 Å². The van der Waals surface area contributed by atoms with Crippen molar-refractivity contribution in [3.8, 4) is 0 Å². The first-order valence-electron chi connectivity index (χ1n) is 35.3. The Morgan fingerprint density at radius 1 is 0.438 bits per heavy atom. The first-order chi connectivity index (χ1) is 39.0. The van der Waals surface area contributed by atoms with Crippen molar-refractivity contribution in [3.05, 3.63) is 36.5 Å². The van der Waals surface area contributed by atoms with Crippen LogP contribution < -0.4 is 10.2 Å². The number of hydrogen-bond donors (Lipinski definition) is 2. The Morgan fingerprint density at radius 3 is 1.05 bits per heavy atom. The number of rotatable bonds is 66. The minimum atomic E-state index is -4.58. The minimum absolute atomic E-state index is 0.0146. The van der Waals surface area contributed by atoms with Crippen molar-refractivity contribution in [3.63, 3.8) is 0 Å². The van der Waals surface area contributed by atoms with Gasteiger partial charge in [-0.1, -0.05) is 339 Å². The number of aliphatic hydroxyl groups is 1. The van der Waals surface area contributed by atoms with E-state index < -0.39 is 20.0 Å². The molecule has 474 valence electrons. The highest BCUT2D eigenvalue weighted by Crippen LogP contribution is 2.38. The highest BCUT2D eigenvalue weighted by Gasteiger charge is 2.24. The number of hydrogen-bond acceptors (Lipinski definition) is 6. The third kappa shape index (κ3) is 64.3. The fourth-order valence-electron chi connectivity index (χ4n) is 10.9. The van der Waals surface area contributed by atoms with E-state index in [2.05, 4.69) is 55.6 Å². The van der Waals surface area contributed by atoms with Gasteiger partial charge < -0.3 is 28.8 Å². The summed E-state index contributed by atoms with van der Waals surface area (Å²) in [4.78, 5) is 25.7. The Labute approximate surface area is 499 Å². The number of nitrogens with zero attached hydrogens (tertiary/aromatic N) is 1. The van der Waals surface area contributed by atoms with Crippen LogP contribution in [0, 0.1) is 0 Å². The molecule has 0 saturated heterocycles. The van der Waals surface area contributed by atoms with Gasteiger partial charge in [0.25, 0.3) is 7.82 Å². The first-order valence-corrected chi connectivity index (χ1v) is 36.8. The maximum absolute atomic E-state index is 13.1. The number of carbonyl (C=O) groups excluding carboxylic acids is 1. The smallest absolute Gasteiger partial charge is 0.268 e. The van der Waals surface area contributed by atoms with E-state index in [0.717, 1.165) is 51.4 Å². The van der Waals surface area contributed by atoms with E-state index >= 15 is 0 Å². The van der Waals surface area contributed by atoms with Gasteiger partial charge in [0, 0.05) is 6.42 Å². The average Bonchev–Trinajstić information content (AvgIpc) is 3.42. The number of likely N-dealkylation sites (N-methyl/N-ethyl adjacent to an activating group) is 1. The van der Waals surface area contributed by atoms with Gasteiger partial charge in [0.2, 0.25) is 5.91 Å². The van der Waals surface area contributed by atoms with Crippen LogP contribution in [0.5, 0.6) is 0 Å². The SMILES string of the molecule is CCCCCCC/C=C\C/C=C\C/C=C\CCCCCCCCCCCCCCCCCCCCCCCCC(=O)NC(COP(=O)([O-])OCC[N+](C)(C)C)C(O)CCCCCCCCCCCCCCCCCCCCCCC. The molecular formula is C71H139N2O6P. The van der Waals surface area contributed by atoms with Crippen LogP contribution in [0.3, 0.4) is 0 Å². The Bertz CT molecular complexity index is 1400. The summed E-state index contributed by atoms with van der Waals surface area (Å²) in [5.74, 6) is -0.157. The molecule has 0 saturated carbocycles. The summed E-state index contributed by atoms with van der Waals surface area (Å²) >= 11 is 0. The number of phosphoric acid groups is 1. The van der Waals surface area contributed by atoms with Crippen molar-refractivity contribution in [1.29, 1.82) is 0 Å². The van der Waals surface area contributed by atoms with Crippen molar-refractivity contribution >= 4 is 13.7 Å². The zero-order chi connectivity index (χ0) is 58.4. The number of nitrogens with one attached hydrogen (secondary N) is 1. The molecule has 0 aliphatic heterocycles. The van der Waals surface area contributed by atoms with Crippen LogP contribution in [0.25, 0.3) is 0 Å². The number of carbonyl (C=O) groups is 1. The van der Waals surface area contributed by atoms with E-state index in [1.54, 1.807) is 0 Å². The third-order valence-electron chi connectivity index (χ3n) is 16.4. The van der Waals surface area contributed by atoms with Crippen molar-refractivity contribution in [1.82, 2.24) is 5.32 Å². The summed E-state index contributed by atoms with van der Waals surface area (Å²) in [6.07, 6.45) is 82.2. The van der Waals surface area contributed by atoms with Gasteiger partial charge in [-0.25, -0.2) is 0 Å². The van der Waals surface area contributed by atoms with Gasteiger partial charge in [-0.3, -0.25) is 9.36 Å². The molecule has 0 spiro atoms. The standard InChI is InChI=1S/C71H139N2O6P/c1-6-8-10-12-14-16-18-20-22-24-26-28-29-30-31-32-33-34-35-36-37-38-39-40-41-42-43-45-47-49-51-53-55-57-59-61-63-65-71(75)72-69(68-79-80(76,77)78-67-66-73(3,4)5)70(74)64-62-60-58-56-54-52-50-48-46-44-27-25-23-21-19-17-15-13-11-9-7-2/h18,20,24,26,29-30,69-70,74H,6-17,19,21-23,25,27-28,31-68H2,1-5H3,(H-,72,75,76,77)/b20-18-,26-24-,30-29-. The molecule has 1 amide bonds. The van der Waals surface area contributed by atoms with Crippen LogP contribution in [-0.4, -0.2) is 68.5 Å². The van der Waals surface area contributed by atoms with Gasteiger partial charge in [0.15, 0.2) is 0 Å². The molecule has 0 radical (unpaired) electrons. The predicted molar refractivity (Wildman–Crippen MR) is 348 cm³/mol. The van der Waals surface area contributed by atoms with Crippen LogP contribution in [-0.2, 0) is 18.4 Å². The van der Waals surface area contributed by atoms with Gasteiger partial charge in [-0.15, -0.1) is 0 Å². The molecule has 3 unspecified atom stereocenters. The number of unbranched alkanes of at least 4 members (excludes halogenated alkanes) is 47. The maximum Gasteiger partial charge on any atom is 0.268 e. The topological polar surface area (TPSA) is 108 Å². The molecule has 0 aromatic carbocycles. The largest absolute Gasteiger partial charge is 0.756 e. The molecule has 3 atom stereocenters. The molecule has 80 heavy (non-hydrogen) atoms. The van der Waals surface area contributed by atoms with Crippen molar-refractivity contribution in [2.75, 3.05) is 40.9 Å². The number of phosphoric ester groups is 1. The lowest BCUT2D eigenvalue weighted by molar-refractivity contribution is -0.870. The first kappa shape index (κ1) is 78.7. The summed E-state index contributed by atoms with van der Waals surface area (Å²) < 4.78 is 23.5. The number of aliphatic hydroxyl groups excluding tert-OH is 1. The number of amides is 1. The van der Waals surface area contributed by atoms with Gasteiger partial charge in [0.1, 0.15) is 13.2 Å². The second-order valence-electron chi connectivity index (χ2n) is 25.6. The van der Waals surface area contributed by atoms with Gasteiger partial charge in [0.05, 0.1) is 39.9 Å². The monoisotopic (exact) mass is 1150 g/mol. The highest BCUT2D eigenvalue weighted by molar-refractivity contribution is 7.45. The van der Waals surface area contributed by atoms with E-state index in [-0.39, 0.29) is 19.1 Å². The van der Waals surface area contributed by atoms with E-state index in [9.17, 15) is 19.4 Å². The summed E-state index contributed by atoms with van der Waals surface area (Å²) in [6.45, 7) is 4.76. The molecule has 0 fully saturated rings. The number of allylic oxidation sites excluding steroid dienone is 6. The zero-order valence-electron chi connectivity index (χ0n) is 54.3. The lowest BCUT2D eigenvalue weighted by atomic mass is 10.0. The molecule has 0 rings (SSSR count).